The molecule has 0 bridgehead atoms. The van der Waals surface area contributed by atoms with Gasteiger partial charge < -0.3 is 9.47 Å². The minimum atomic E-state index is -0.401. The average Bonchev–Trinajstić information content (AvgIpc) is 3.41. The number of hydrogen-bond donors (Lipinski definition) is 2. The highest BCUT2D eigenvalue weighted by Crippen LogP contribution is 2.63. The number of nitrogens with zero attached hydrogens (tertiary/aromatic N) is 2. The second kappa shape index (κ2) is 10.2. The van der Waals surface area contributed by atoms with Gasteiger partial charge in [0.2, 0.25) is 0 Å². The molecule has 6 unspecified atom stereocenters. The number of fused-ring (bicyclic) bond motifs is 1. The highest BCUT2D eigenvalue weighted by molar-refractivity contribution is 5.93. The van der Waals surface area contributed by atoms with Gasteiger partial charge in [-0.1, -0.05) is 13.5 Å². The minimum absolute atomic E-state index is 0.0828. The Bertz CT molecular complexity index is 728. The predicted molar refractivity (Wildman–Crippen MR) is 119 cm³/mol. The molecule has 0 aromatic carbocycles. The lowest BCUT2D eigenvalue weighted by molar-refractivity contribution is -0.0121. The van der Waals surface area contributed by atoms with Crippen LogP contribution < -0.4 is 10.9 Å². The lowest BCUT2D eigenvalue weighted by atomic mass is 9.82. The van der Waals surface area contributed by atoms with Crippen LogP contribution in [-0.2, 0) is 9.47 Å². The number of carbonyl (C=O) groups excluding carboxylic acids is 1. The molecule has 1 saturated heterocycles. The Morgan fingerprint density at radius 3 is 2.81 bits per heavy atom. The molecule has 7 nitrogen and oxygen atoms in total. The first-order chi connectivity index (χ1) is 14.9. The Hall–Kier alpha value is -1.77. The fraction of sp³-hybridized carbons (Fsp3) is 0.739. The van der Waals surface area contributed by atoms with Crippen LogP contribution in [0.3, 0.4) is 0 Å². The Labute approximate surface area is 185 Å². The Balaban J connectivity index is 1.59. The molecule has 3 rings (SSSR count). The number of methoxy groups -OCH3 is 1. The van der Waals surface area contributed by atoms with Crippen molar-refractivity contribution in [2.45, 2.75) is 76.6 Å². The number of hydrogen-bond acceptors (Lipinski definition) is 6. The number of amides is 1. The van der Waals surface area contributed by atoms with Gasteiger partial charge in [-0.2, -0.15) is 0 Å². The molecule has 6 atom stereocenters. The molecule has 0 radical (unpaired) electrons. The number of ether oxygens (including phenoxy) is 2. The molecular formula is C23H37FN4O3. The van der Waals surface area contributed by atoms with E-state index in [4.69, 9.17) is 9.47 Å². The van der Waals surface area contributed by atoms with E-state index >= 15 is 0 Å². The van der Waals surface area contributed by atoms with Gasteiger partial charge in [0, 0.05) is 23.2 Å². The SMILES string of the molecule is C=C/C(F)=C\N=C(CC)C12CCC(OCC3C(NNC)CC(C)N3C(=O)OC)CC1C2. The third-order valence-corrected chi connectivity index (χ3v) is 7.25. The molecule has 31 heavy (non-hydrogen) atoms. The van der Waals surface area contributed by atoms with Gasteiger partial charge in [0.1, 0.15) is 5.83 Å². The van der Waals surface area contributed by atoms with Crippen molar-refractivity contribution in [2.24, 2.45) is 16.3 Å². The Morgan fingerprint density at radius 1 is 1.42 bits per heavy atom. The molecule has 174 valence electrons. The molecule has 2 saturated carbocycles. The third-order valence-electron chi connectivity index (χ3n) is 7.25. The fourth-order valence-corrected chi connectivity index (χ4v) is 5.61. The normalized spacial score (nSPS) is 35.6. The Kier molecular flexibility index (Phi) is 7.88. The maximum Gasteiger partial charge on any atom is 0.410 e. The summed E-state index contributed by atoms with van der Waals surface area (Å²) in [6, 6.07) is 0.107. The molecule has 0 aromatic heterocycles. The van der Waals surface area contributed by atoms with Crippen LogP contribution in [0.15, 0.2) is 29.7 Å². The second-order valence-corrected chi connectivity index (χ2v) is 8.96. The third kappa shape index (κ3) is 5.02. The number of halogens is 1. The van der Waals surface area contributed by atoms with E-state index < -0.39 is 5.83 Å². The van der Waals surface area contributed by atoms with Crippen LogP contribution in [0.25, 0.3) is 0 Å². The summed E-state index contributed by atoms with van der Waals surface area (Å²) in [5.74, 6) is 0.137. The molecule has 1 amide bonds. The summed E-state index contributed by atoms with van der Waals surface area (Å²) >= 11 is 0. The fourth-order valence-electron chi connectivity index (χ4n) is 5.61. The van der Waals surface area contributed by atoms with Crippen LogP contribution in [0, 0.1) is 11.3 Å². The van der Waals surface area contributed by atoms with Crippen molar-refractivity contribution >= 4 is 11.8 Å². The quantitative estimate of drug-likeness (QED) is 0.327. The lowest BCUT2D eigenvalue weighted by Gasteiger charge is -2.33. The topological polar surface area (TPSA) is 75.2 Å². The molecule has 0 spiro atoms. The monoisotopic (exact) mass is 436 g/mol. The first kappa shape index (κ1) is 23.9. The van der Waals surface area contributed by atoms with Gasteiger partial charge >= 0.3 is 6.09 Å². The molecule has 0 aromatic rings. The van der Waals surface area contributed by atoms with Crippen LogP contribution in [-0.4, -0.2) is 61.7 Å². The molecule has 3 fully saturated rings. The first-order valence-corrected chi connectivity index (χ1v) is 11.4. The van der Waals surface area contributed by atoms with E-state index in [1.54, 1.807) is 4.90 Å². The summed E-state index contributed by atoms with van der Waals surface area (Å²) in [6.45, 7) is 8.04. The molecule has 2 N–H and O–H groups in total. The van der Waals surface area contributed by atoms with Crippen molar-refractivity contribution in [1.29, 1.82) is 0 Å². The van der Waals surface area contributed by atoms with E-state index in [1.807, 2.05) is 14.0 Å². The van der Waals surface area contributed by atoms with Gasteiger partial charge in [-0.25, -0.2) is 9.18 Å². The summed E-state index contributed by atoms with van der Waals surface area (Å²) in [6.07, 6.45) is 8.04. The molecular weight excluding hydrogens is 399 g/mol. The van der Waals surface area contributed by atoms with Crippen molar-refractivity contribution in [2.75, 3.05) is 20.8 Å². The summed E-state index contributed by atoms with van der Waals surface area (Å²) in [5, 5.41) is 0. The van der Waals surface area contributed by atoms with E-state index in [0.29, 0.717) is 12.5 Å². The van der Waals surface area contributed by atoms with Crippen molar-refractivity contribution in [3.63, 3.8) is 0 Å². The molecule has 2 aliphatic carbocycles. The van der Waals surface area contributed by atoms with Crippen molar-refractivity contribution in [3.8, 4) is 0 Å². The van der Waals surface area contributed by atoms with Gasteiger partial charge in [-0.05, 0) is 64.5 Å². The zero-order valence-electron chi connectivity index (χ0n) is 19.2. The predicted octanol–water partition coefficient (Wildman–Crippen LogP) is 3.73. The lowest BCUT2D eigenvalue weighted by Crippen LogP contribution is -2.51. The number of nitrogens with one attached hydrogen (secondary N) is 2. The number of likely N-dealkylation sites (tertiary alicyclic amines) is 1. The average molecular weight is 437 g/mol. The van der Waals surface area contributed by atoms with Gasteiger partial charge in [-0.15, -0.1) is 0 Å². The number of aliphatic imine (C=N–C) groups is 1. The molecule has 1 heterocycles. The van der Waals surface area contributed by atoms with Crippen molar-refractivity contribution < 1.29 is 18.7 Å². The highest BCUT2D eigenvalue weighted by atomic mass is 19.1. The largest absolute Gasteiger partial charge is 0.453 e. The Morgan fingerprint density at radius 2 is 2.19 bits per heavy atom. The van der Waals surface area contributed by atoms with Crippen LogP contribution in [0.2, 0.25) is 0 Å². The highest BCUT2D eigenvalue weighted by Gasteiger charge is 2.59. The zero-order valence-corrected chi connectivity index (χ0v) is 19.2. The van der Waals surface area contributed by atoms with E-state index in [2.05, 4.69) is 29.3 Å². The van der Waals surface area contributed by atoms with E-state index in [9.17, 15) is 9.18 Å². The standard InChI is InChI=1S/C23H37FN4O3/c1-6-17(24)13-26-21(7-2)23-9-8-18(11-16(23)12-23)31-14-20-19(27-25-4)10-15(3)28(20)22(29)30-5/h6,13,15-16,18-20,25,27H,1,7-12,14H2,2-5H3/b17-13+,26-21?. The molecule has 8 heteroatoms. The summed E-state index contributed by atoms with van der Waals surface area (Å²) in [5.41, 5.74) is 7.46. The zero-order chi connectivity index (χ0) is 22.6. The van der Waals surface area contributed by atoms with Gasteiger partial charge in [0.05, 0.1) is 32.1 Å². The van der Waals surface area contributed by atoms with Crippen LogP contribution >= 0.6 is 0 Å². The van der Waals surface area contributed by atoms with E-state index in [1.165, 1.54) is 19.4 Å². The molecule has 1 aliphatic heterocycles. The maximum atomic E-state index is 13.4. The molecule has 3 aliphatic rings. The second-order valence-electron chi connectivity index (χ2n) is 8.96. The van der Waals surface area contributed by atoms with Crippen LogP contribution in [0.4, 0.5) is 9.18 Å². The van der Waals surface area contributed by atoms with E-state index in [-0.39, 0.29) is 35.7 Å². The van der Waals surface area contributed by atoms with E-state index in [0.717, 1.165) is 44.2 Å². The summed E-state index contributed by atoms with van der Waals surface area (Å²) in [7, 11) is 3.25. The number of hydrazine groups is 1. The number of rotatable bonds is 9. The maximum absolute atomic E-state index is 13.4. The summed E-state index contributed by atoms with van der Waals surface area (Å²) < 4.78 is 24.8. The number of carbonyl (C=O) groups is 1. The van der Waals surface area contributed by atoms with Crippen LogP contribution in [0.5, 0.6) is 0 Å². The van der Waals surface area contributed by atoms with Crippen LogP contribution in [0.1, 0.15) is 52.4 Å². The van der Waals surface area contributed by atoms with Crippen molar-refractivity contribution in [1.82, 2.24) is 15.8 Å². The van der Waals surface area contributed by atoms with Gasteiger partial charge in [-0.3, -0.25) is 20.7 Å². The van der Waals surface area contributed by atoms with Crippen molar-refractivity contribution in [3.05, 3.63) is 24.7 Å². The smallest absolute Gasteiger partial charge is 0.410 e. The van der Waals surface area contributed by atoms with Gasteiger partial charge in [0.25, 0.3) is 0 Å². The van der Waals surface area contributed by atoms with Gasteiger partial charge in [0.15, 0.2) is 0 Å². The summed E-state index contributed by atoms with van der Waals surface area (Å²) in [4.78, 5) is 18.6. The number of allylic oxidation sites excluding steroid dienone is 2. The first-order valence-electron chi connectivity index (χ1n) is 11.4. The minimum Gasteiger partial charge on any atom is -0.453 e.